The molecule has 7 heteroatoms. The van der Waals surface area contributed by atoms with E-state index in [1.165, 1.54) is 25.4 Å². The lowest BCUT2D eigenvalue weighted by molar-refractivity contribution is 0.0696. The summed E-state index contributed by atoms with van der Waals surface area (Å²) in [5.74, 6) is -0.331. The number of nitrogens with zero attached hydrogens (tertiary/aromatic N) is 1. The Hall–Kier alpha value is -3.09. The summed E-state index contributed by atoms with van der Waals surface area (Å²) in [4.78, 5) is 26.5. The molecule has 1 aromatic carbocycles. The Morgan fingerprint density at radius 3 is 2.71 bits per heavy atom. The summed E-state index contributed by atoms with van der Waals surface area (Å²) in [6, 6.07) is 8.92. The lowest BCUT2D eigenvalue weighted by Crippen LogP contribution is -2.20. The van der Waals surface area contributed by atoms with Crippen LogP contribution in [0.4, 0.5) is 16.3 Å². The van der Waals surface area contributed by atoms with Crippen molar-refractivity contribution in [2.75, 3.05) is 17.7 Å². The van der Waals surface area contributed by atoms with E-state index in [4.69, 9.17) is 9.84 Å². The van der Waals surface area contributed by atoms with Gasteiger partial charge in [-0.05, 0) is 24.3 Å². The van der Waals surface area contributed by atoms with Crippen molar-refractivity contribution < 1.29 is 19.4 Å². The zero-order chi connectivity index (χ0) is 15.2. The summed E-state index contributed by atoms with van der Waals surface area (Å²) in [5.41, 5.74) is 0.586. The van der Waals surface area contributed by atoms with Crippen molar-refractivity contribution in [3.8, 4) is 5.75 Å². The molecule has 108 valence electrons. The molecule has 0 aliphatic carbocycles. The quantitative estimate of drug-likeness (QED) is 0.801. The van der Waals surface area contributed by atoms with Gasteiger partial charge in [0.2, 0.25) is 0 Å². The first kappa shape index (κ1) is 14.3. The molecule has 1 heterocycles. The van der Waals surface area contributed by atoms with Crippen LogP contribution in [-0.4, -0.2) is 29.2 Å². The average molecular weight is 287 g/mol. The predicted octanol–water partition coefficient (Wildman–Crippen LogP) is 2.43. The fourth-order valence-electron chi connectivity index (χ4n) is 1.61. The zero-order valence-corrected chi connectivity index (χ0v) is 11.2. The molecule has 0 saturated heterocycles. The summed E-state index contributed by atoms with van der Waals surface area (Å²) >= 11 is 0. The molecule has 0 atom stereocenters. The summed E-state index contributed by atoms with van der Waals surface area (Å²) in [5, 5.41) is 13.9. The standard InChI is InChI=1S/C14H13N3O4/c1-21-11-4-2-3-10(8-11)16-14(20)17-12-7-9(13(18)19)5-6-15-12/h2-8H,1H3,(H,18,19)(H2,15,16,17,20). The first-order valence-corrected chi connectivity index (χ1v) is 6.00. The van der Waals surface area contributed by atoms with Gasteiger partial charge in [0.15, 0.2) is 0 Å². The molecule has 21 heavy (non-hydrogen) atoms. The molecular weight excluding hydrogens is 274 g/mol. The summed E-state index contributed by atoms with van der Waals surface area (Å²) < 4.78 is 5.05. The number of aromatic carboxylic acids is 1. The normalized spacial score (nSPS) is 9.76. The SMILES string of the molecule is COc1cccc(NC(=O)Nc2cc(C(=O)O)ccn2)c1. The molecular formula is C14H13N3O4. The minimum atomic E-state index is -1.09. The maximum Gasteiger partial charge on any atom is 0.335 e. The van der Waals surface area contributed by atoms with Gasteiger partial charge in [0.25, 0.3) is 0 Å². The third kappa shape index (κ3) is 3.93. The highest BCUT2D eigenvalue weighted by Crippen LogP contribution is 2.17. The van der Waals surface area contributed by atoms with Crippen LogP contribution in [-0.2, 0) is 0 Å². The van der Waals surface area contributed by atoms with Crippen molar-refractivity contribution in [1.82, 2.24) is 4.98 Å². The summed E-state index contributed by atoms with van der Waals surface area (Å²) in [6.45, 7) is 0. The van der Waals surface area contributed by atoms with E-state index in [-0.39, 0.29) is 11.4 Å². The van der Waals surface area contributed by atoms with Gasteiger partial charge in [0.1, 0.15) is 11.6 Å². The number of carboxylic acids is 1. The fourth-order valence-corrected chi connectivity index (χ4v) is 1.61. The van der Waals surface area contributed by atoms with Gasteiger partial charge in [0, 0.05) is 18.0 Å². The Morgan fingerprint density at radius 2 is 2.00 bits per heavy atom. The van der Waals surface area contributed by atoms with Crippen LogP contribution in [0.1, 0.15) is 10.4 Å². The molecule has 0 spiro atoms. The molecule has 0 bridgehead atoms. The van der Waals surface area contributed by atoms with Crippen LogP contribution in [0.5, 0.6) is 5.75 Å². The van der Waals surface area contributed by atoms with Crippen molar-refractivity contribution >= 4 is 23.5 Å². The molecule has 2 amide bonds. The van der Waals surface area contributed by atoms with E-state index in [1.54, 1.807) is 24.3 Å². The van der Waals surface area contributed by atoms with Gasteiger partial charge in [0.05, 0.1) is 12.7 Å². The van der Waals surface area contributed by atoms with Gasteiger partial charge < -0.3 is 15.2 Å². The predicted molar refractivity (Wildman–Crippen MR) is 76.8 cm³/mol. The van der Waals surface area contributed by atoms with E-state index in [0.717, 1.165) is 0 Å². The number of benzene rings is 1. The Balaban J connectivity index is 2.04. The number of ether oxygens (including phenoxy) is 1. The molecule has 0 unspecified atom stereocenters. The van der Waals surface area contributed by atoms with Crippen LogP contribution in [0.3, 0.4) is 0 Å². The van der Waals surface area contributed by atoms with Gasteiger partial charge in [-0.15, -0.1) is 0 Å². The molecule has 0 saturated carbocycles. The van der Waals surface area contributed by atoms with Crippen molar-refractivity contribution in [3.63, 3.8) is 0 Å². The van der Waals surface area contributed by atoms with E-state index in [1.807, 2.05) is 0 Å². The Morgan fingerprint density at radius 1 is 1.19 bits per heavy atom. The van der Waals surface area contributed by atoms with Crippen LogP contribution in [0.25, 0.3) is 0 Å². The van der Waals surface area contributed by atoms with Crippen molar-refractivity contribution in [2.45, 2.75) is 0 Å². The number of carbonyl (C=O) groups excluding carboxylic acids is 1. The highest BCUT2D eigenvalue weighted by molar-refractivity contribution is 6.00. The molecule has 2 aromatic rings. The number of hydrogen-bond donors (Lipinski definition) is 3. The topological polar surface area (TPSA) is 101 Å². The van der Waals surface area contributed by atoms with Crippen molar-refractivity contribution in [2.24, 2.45) is 0 Å². The number of carboxylic acid groups (broad SMARTS) is 1. The number of amides is 2. The highest BCUT2D eigenvalue weighted by Gasteiger charge is 2.07. The Bertz CT molecular complexity index is 673. The zero-order valence-electron chi connectivity index (χ0n) is 11.2. The van der Waals surface area contributed by atoms with Gasteiger partial charge in [-0.1, -0.05) is 6.07 Å². The summed E-state index contributed by atoms with van der Waals surface area (Å²) in [6.07, 6.45) is 1.31. The monoisotopic (exact) mass is 287 g/mol. The molecule has 7 nitrogen and oxygen atoms in total. The summed E-state index contributed by atoms with van der Waals surface area (Å²) in [7, 11) is 1.53. The third-order valence-corrected chi connectivity index (χ3v) is 2.58. The smallest absolute Gasteiger partial charge is 0.335 e. The fraction of sp³-hybridized carbons (Fsp3) is 0.0714. The number of methoxy groups -OCH3 is 1. The molecule has 2 rings (SSSR count). The second-order valence-electron chi connectivity index (χ2n) is 4.05. The van der Waals surface area contributed by atoms with Crippen molar-refractivity contribution in [3.05, 3.63) is 48.2 Å². The highest BCUT2D eigenvalue weighted by atomic mass is 16.5. The number of rotatable bonds is 4. The van der Waals surface area contributed by atoms with Gasteiger partial charge in [-0.2, -0.15) is 0 Å². The molecule has 0 aliphatic heterocycles. The maximum atomic E-state index is 11.8. The molecule has 0 radical (unpaired) electrons. The number of carbonyl (C=O) groups is 2. The van der Waals surface area contributed by atoms with Crippen LogP contribution in [0, 0.1) is 0 Å². The number of urea groups is 1. The lowest BCUT2D eigenvalue weighted by atomic mass is 10.2. The molecule has 0 aliphatic rings. The minimum absolute atomic E-state index is 0.0432. The first-order valence-electron chi connectivity index (χ1n) is 6.00. The average Bonchev–Trinajstić information content (AvgIpc) is 2.47. The number of hydrogen-bond acceptors (Lipinski definition) is 4. The minimum Gasteiger partial charge on any atom is -0.497 e. The number of pyridine rings is 1. The van der Waals surface area contributed by atoms with Crippen LogP contribution in [0.15, 0.2) is 42.6 Å². The number of nitrogens with one attached hydrogen (secondary N) is 2. The van der Waals surface area contributed by atoms with Gasteiger partial charge in [-0.25, -0.2) is 14.6 Å². The van der Waals surface area contributed by atoms with Crippen LogP contribution in [0.2, 0.25) is 0 Å². The third-order valence-electron chi connectivity index (χ3n) is 2.58. The van der Waals surface area contributed by atoms with Crippen molar-refractivity contribution in [1.29, 1.82) is 0 Å². The second kappa shape index (κ2) is 6.38. The first-order chi connectivity index (χ1) is 10.1. The van der Waals surface area contributed by atoms with Gasteiger partial charge >= 0.3 is 12.0 Å². The Kier molecular flexibility index (Phi) is 4.35. The van der Waals surface area contributed by atoms with Crippen LogP contribution >= 0.6 is 0 Å². The van der Waals surface area contributed by atoms with E-state index < -0.39 is 12.0 Å². The lowest BCUT2D eigenvalue weighted by Gasteiger charge is -2.08. The molecule has 1 aromatic heterocycles. The number of aromatic nitrogens is 1. The largest absolute Gasteiger partial charge is 0.497 e. The van der Waals surface area contributed by atoms with E-state index in [2.05, 4.69) is 15.6 Å². The van der Waals surface area contributed by atoms with Gasteiger partial charge in [-0.3, -0.25) is 5.32 Å². The second-order valence-corrected chi connectivity index (χ2v) is 4.05. The van der Waals surface area contributed by atoms with E-state index in [9.17, 15) is 9.59 Å². The molecule has 0 fully saturated rings. The Labute approximate surface area is 120 Å². The van der Waals surface area contributed by atoms with E-state index >= 15 is 0 Å². The number of anilines is 2. The van der Waals surface area contributed by atoms with E-state index in [0.29, 0.717) is 11.4 Å². The maximum absolute atomic E-state index is 11.8. The van der Waals surface area contributed by atoms with Crippen LogP contribution < -0.4 is 15.4 Å². The molecule has 3 N–H and O–H groups in total.